The summed E-state index contributed by atoms with van der Waals surface area (Å²) in [6.45, 7) is 17.8. The minimum atomic E-state index is -0.286. The number of hydrogen-bond donors (Lipinski definition) is 0. The van der Waals surface area contributed by atoms with Gasteiger partial charge in [0.15, 0.2) is 0 Å². The lowest BCUT2D eigenvalue weighted by atomic mass is 9.73. The molecular weight excluding hydrogens is 709 g/mol. The molecule has 0 radical (unpaired) electrons. The molecule has 0 amide bonds. The normalized spacial score (nSPS) is 16.4. The van der Waals surface area contributed by atoms with Gasteiger partial charge in [0, 0.05) is 56.1 Å². The van der Waals surface area contributed by atoms with Crippen molar-refractivity contribution in [1.29, 1.82) is 0 Å². The van der Waals surface area contributed by atoms with E-state index in [1.807, 2.05) is 0 Å². The number of anilines is 6. The summed E-state index contributed by atoms with van der Waals surface area (Å²) >= 11 is 0. The molecule has 2 aliphatic rings. The molecule has 4 heteroatoms. The molecule has 0 bridgehead atoms. The molecule has 290 valence electrons. The molecule has 0 unspecified atom stereocenters. The van der Waals surface area contributed by atoms with Gasteiger partial charge in [0.05, 0.1) is 0 Å². The van der Waals surface area contributed by atoms with Gasteiger partial charge in [0.25, 0.3) is 0 Å². The van der Waals surface area contributed by atoms with Crippen LogP contribution in [0.2, 0.25) is 0 Å². The number of para-hydroxylation sites is 2. The first-order valence-corrected chi connectivity index (χ1v) is 20.4. The number of nitrogens with zero attached hydrogens (tertiary/aromatic N) is 2. The highest BCUT2D eigenvalue weighted by Gasteiger charge is 2.49. The van der Waals surface area contributed by atoms with Gasteiger partial charge in [-0.25, -0.2) is 0 Å². The van der Waals surface area contributed by atoms with Crippen molar-refractivity contribution in [3.8, 4) is 33.8 Å². The Balaban J connectivity index is 1.13. The predicted molar refractivity (Wildman–Crippen MR) is 242 cm³/mol. The largest absolute Gasteiger partial charge is 0.487 e. The summed E-state index contributed by atoms with van der Waals surface area (Å²) in [5.41, 5.74) is 12.8. The standard InChI is InChI=1S/C54H52N2O2/c1-51(2)47-34-39(28-30-49(47)57-53(51,5)6)37-18-15-24-43(32-37)55(41-20-11-9-12-21-41)45-26-17-27-46(36-45)56(42-22-13-10-14-23-42)44-25-16-19-38(33-44)40-29-31-50-48(35-40)52(3,4)54(7,8)58-50/h9-36H,1-8H3. The zero-order chi connectivity index (χ0) is 40.5. The molecule has 2 aliphatic heterocycles. The van der Waals surface area contributed by atoms with Gasteiger partial charge in [-0.2, -0.15) is 0 Å². The van der Waals surface area contributed by atoms with Gasteiger partial charge in [0.2, 0.25) is 0 Å². The van der Waals surface area contributed by atoms with Gasteiger partial charge >= 0.3 is 0 Å². The van der Waals surface area contributed by atoms with E-state index in [1.54, 1.807) is 0 Å². The molecule has 7 aromatic rings. The Kier molecular flexibility index (Phi) is 8.81. The van der Waals surface area contributed by atoms with Gasteiger partial charge in [-0.3, -0.25) is 0 Å². The topological polar surface area (TPSA) is 24.9 Å². The molecule has 58 heavy (non-hydrogen) atoms. The van der Waals surface area contributed by atoms with E-state index in [0.717, 1.165) is 56.8 Å². The van der Waals surface area contributed by atoms with Crippen molar-refractivity contribution in [2.75, 3.05) is 9.80 Å². The molecule has 0 saturated carbocycles. The first-order valence-electron chi connectivity index (χ1n) is 20.4. The zero-order valence-corrected chi connectivity index (χ0v) is 34.9. The molecule has 0 saturated heterocycles. The average Bonchev–Trinajstić information content (AvgIpc) is 3.52. The maximum atomic E-state index is 6.41. The highest BCUT2D eigenvalue weighted by molar-refractivity contribution is 5.85. The van der Waals surface area contributed by atoms with Gasteiger partial charge < -0.3 is 19.3 Å². The molecule has 2 heterocycles. The van der Waals surface area contributed by atoms with Crippen LogP contribution in [0.1, 0.15) is 66.5 Å². The zero-order valence-electron chi connectivity index (χ0n) is 34.9. The highest BCUT2D eigenvalue weighted by atomic mass is 16.5. The maximum Gasteiger partial charge on any atom is 0.124 e. The third-order valence-corrected chi connectivity index (χ3v) is 13.3. The van der Waals surface area contributed by atoms with Crippen LogP contribution in [-0.2, 0) is 10.8 Å². The predicted octanol–water partition coefficient (Wildman–Crippen LogP) is 14.9. The lowest BCUT2D eigenvalue weighted by Gasteiger charge is -2.33. The van der Waals surface area contributed by atoms with Gasteiger partial charge in [-0.05, 0) is 141 Å². The Morgan fingerprint density at radius 1 is 0.310 bits per heavy atom. The molecule has 0 aromatic heterocycles. The molecule has 9 rings (SSSR count). The summed E-state index contributed by atoms with van der Waals surface area (Å²) in [4.78, 5) is 4.71. The Morgan fingerprint density at radius 2 is 0.638 bits per heavy atom. The van der Waals surface area contributed by atoms with E-state index in [0.29, 0.717) is 0 Å². The SMILES string of the molecule is CC1(C)Oc2ccc(-c3cccc(N(c4ccccc4)c4cccc(N(c5ccccc5)c5cccc(-c6ccc7c(c6)C(C)(C)C(C)(C)O7)c5)c4)c3)cc2C1(C)C. The van der Waals surface area contributed by atoms with Crippen molar-refractivity contribution in [3.05, 3.63) is 181 Å². The van der Waals surface area contributed by atoms with E-state index in [-0.39, 0.29) is 22.0 Å². The van der Waals surface area contributed by atoms with E-state index < -0.39 is 0 Å². The van der Waals surface area contributed by atoms with E-state index >= 15 is 0 Å². The minimum absolute atomic E-state index is 0.124. The second kappa shape index (κ2) is 13.7. The van der Waals surface area contributed by atoms with Crippen LogP contribution in [-0.4, -0.2) is 11.2 Å². The maximum absolute atomic E-state index is 6.41. The summed E-state index contributed by atoms with van der Waals surface area (Å²) in [6, 6.07) is 61.2. The Labute approximate surface area is 344 Å². The second-order valence-electron chi connectivity index (χ2n) is 17.9. The molecule has 4 nitrogen and oxygen atoms in total. The first-order chi connectivity index (χ1) is 27.7. The summed E-state index contributed by atoms with van der Waals surface area (Å²) in [7, 11) is 0. The van der Waals surface area contributed by atoms with Crippen molar-refractivity contribution >= 4 is 34.1 Å². The number of rotatable bonds is 8. The van der Waals surface area contributed by atoms with E-state index in [9.17, 15) is 0 Å². The molecule has 0 fully saturated rings. The minimum Gasteiger partial charge on any atom is -0.487 e. The van der Waals surface area contributed by atoms with Crippen LogP contribution in [0.15, 0.2) is 170 Å². The quantitative estimate of drug-likeness (QED) is 0.154. The summed E-state index contributed by atoms with van der Waals surface area (Å²) < 4.78 is 12.8. The fourth-order valence-corrected chi connectivity index (χ4v) is 8.50. The fraction of sp³-hybridized carbons (Fsp3) is 0.222. The van der Waals surface area contributed by atoms with Gasteiger partial charge in [-0.15, -0.1) is 0 Å². The molecule has 7 aromatic carbocycles. The van der Waals surface area contributed by atoms with Gasteiger partial charge in [0.1, 0.15) is 22.7 Å². The van der Waals surface area contributed by atoms with Crippen molar-refractivity contribution in [1.82, 2.24) is 0 Å². The molecule has 0 atom stereocenters. The molecule has 0 aliphatic carbocycles. The second-order valence-corrected chi connectivity index (χ2v) is 17.9. The molecular formula is C54H52N2O2. The summed E-state index contributed by atoms with van der Waals surface area (Å²) in [5.74, 6) is 1.95. The molecule has 0 spiro atoms. The van der Waals surface area contributed by atoms with Crippen LogP contribution < -0.4 is 19.3 Å². The van der Waals surface area contributed by atoms with Crippen molar-refractivity contribution in [3.63, 3.8) is 0 Å². The lowest BCUT2D eigenvalue weighted by Crippen LogP contribution is -2.41. The van der Waals surface area contributed by atoms with Crippen LogP contribution in [0.5, 0.6) is 11.5 Å². The Bertz CT molecular complexity index is 2460. The number of fused-ring (bicyclic) bond motifs is 2. The first kappa shape index (κ1) is 37.3. The Morgan fingerprint density at radius 3 is 1.03 bits per heavy atom. The van der Waals surface area contributed by atoms with Crippen molar-refractivity contribution in [2.24, 2.45) is 0 Å². The van der Waals surface area contributed by atoms with Crippen LogP contribution >= 0.6 is 0 Å². The van der Waals surface area contributed by atoms with Crippen LogP contribution in [0.3, 0.4) is 0 Å². The number of hydrogen-bond acceptors (Lipinski definition) is 4. The lowest BCUT2D eigenvalue weighted by molar-refractivity contribution is 0.0711. The molecule has 0 N–H and O–H groups in total. The number of ether oxygens (including phenoxy) is 2. The third kappa shape index (κ3) is 6.23. The third-order valence-electron chi connectivity index (χ3n) is 13.3. The van der Waals surface area contributed by atoms with Crippen molar-refractivity contribution in [2.45, 2.75) is 77.4 Å². The van der Waals surface area contributed by atoms with E-state index in [1.165, 1.54) is 22.3 Å². The van der Waals surface area contributed by atoms with E-state index in [2.05, 4.69) is 235 Å². The average molecular weight is 761 g/mol. The van der Waals surface area contributed by atoms with E-state index in [4.69, 9.17) is 9.47 Å². The monoisotopic (exact) mass is 760 g/mol. The van der Waals surface area contributed by atoms with Gasteiger partial charge in [-0.1, -0.05) is 107 Å². The van der Waals surface area contributed by atoms with Crippen LogP contribution in [0, 0.1) is 0 Å². The smallest absolute Gasteiger partial charge is 0.124 e. The fourth-order valence-electron chi connectivity index (χ4n) is 8.50. The summed E-state index contributed by atoms with van der Waals surface area (Å²) in [5, 5.41) is 0. The van der Waals surface area contributed by atoms with Crippen molar-refractivity contribution < 1.29 is 9.47 Å². The van der Waals surface area contributed by atoms with Crippen LogP contribution in [0.4, 0.5) is 34.1 Å². The number of benzene rings is 7. The Hall–Kier alpha value is -6.26. The summed E-state index contributed by atoms with van der Waals surface area (Å²) in [6.07, 6.45) is 0. The van der Waals surface area contributed by atoms with Crippen LogP contribution in [0.25, 0.3) is 22.3 Å². The highest BCUT2D eigenvalue weighted by Crippen LogP contribution is 2.52.